The molecule has 1 fully saturated rings. The second-order valence-electron chi connectivity index (χ2n) is 4.30. The summed E-state index contributed by atoms with van der Waals surface area (Å²) in [6.45, 7) is 9.32. The molecule has 0 atom stereocenters. The standard InChI is InChI=1S/C9H16N2.C4H9.Li/c1-2-5-9-10-6-4-8-11(9)7-3-1;1-3-4-2;/h1-8H2;1,3-4H2,2H3;/q;-1;+1. The molecule has 3 heteroatoms. The van der Waals surface area contributed by atoms with Crippen LogP contribution >= 0.6 is 0 Å². The molecule has 0 radical (unpaired) electrons. The summed E-state index contributed by atoms with van der Waals surface area (Å²) in [5.41, 5.74) is 0. The molecular formula is C13H25LiN2. The second-order valence-corrected chi connectivity index (χ2v) is 4.30. The van der Waals surface area contributed by atoms with Gasteiger partial charge in [-0.05, 0) is 19.3 Å². The number of hydrogen-bond acceptors (Lipinski definition) is 2. The molecule has 2 nitrogen and oxygen atoms in total. The Morgan fingerprint density at radius 1 is 1.19 bits per heavy atom. The summed E-state index contributed by atoms with van der Waals surface area (Å²) in [6.07, 6.45) is 8.91. The van der Waals surface area contributed by atoms with Crippen molar-refractivity contribution in [2.75, 3.05) is 19.6 Å². The maximum Gasteiger partial charge on any atom is 1.00 e. The van der Waals surface area contributed by atoms with Gasteiger partial charge in [0.15, 0.2) is 0 Å². The van der Waals surface area contributed by atoms with Crippen LogP contribution in [0.5, 0.6) is 0 Å². The van der Waals surface area contributed by atoms with Crippen molar-refractivity contribution in [1.29, 1.82) is 0 Å². The van der Waals surface area contributed by atoms with Gasteiger partial charge in [0, 0.05) is 26.1 Å². The van der Waals surface area contributed by atoms with Gasteiger partial charge in [-0.3, -0.25) is 4.99 Å². The smallest absolute Gasteiger partial charge is 0.360 e. The first-order valence-corrected chi connectivity index (χ1v) is 6.46. The van der Waals surface area contributed by atoms with Crippen LogP contribution < -0.4 is 18.9 Å². The molecule has 2 heterocycles. The van der Waals surface area contributed by atoms with Gasteiger partial charge < -0.3 is 11.8 Å². The van der Waals surface area contributed by atoms with Crippen molar-refractivity contribution < 1.29 is 18.9 Å². The number of fused-ring (bicyclic) bond motifs is 1. The van der Waals surface area contributed by atoms with Crippen molar-refractivity contribution >= 4 is 5.84 Å². The molecule has 0 aromatic rings. The van der Waals surface area contributed by atoms with Gasteiger partial charge in [-0.1, -0.05) is 19.8 Å². The van der Waals surface area contributed by atoms with Crippen molar-refractivity contribution in [1.82, 2.24) is 4.90 Å². The first-order valence-electron chi connectivity index (χ1n) is 6.46. The van der Waals surface area contributed by atoms with E-state index in [1.54, 1.807) is 0 Å². The summed E-state index contributed by atoms with van der Waals surface area (Å²) in [6, 6.07) is 0. The van der Waals surface area contributed by atoms with E-state index in [-0.39, 0.29) is 18.9 Å². The van der Waals surface area contributed by atoms with E-state index in [4.69, 9.17) is 0 Å². The molecule has 0 bridgehead atoms. The molecule has 0 unspecified atom stereocenters. The summed E-state index contributed by atoms with van der Waals surface area (Å²) < 4.78 is 0. The van der Waals surface area contributed by atoms with Crippen LogP contribution in [0.4, 0.5) is 0 Å². The van der Waals surface area contributed by atoms with Crippen LogP contribution in [0.3, 0.4) is 0 Å². The van der Waals surface area contributed by atoms with Gasteiger partial charge in [0.2, 0.25) is 0 Å². The van der Waals surface area contributed by atoms with Gasteiger partial charge in [0.1, 0.15) is 0 Å². The number of amidine groups is 1. The molecule has 1 saturated heterocycles. The van der Waals surface area contributed by atoms with Crippen LogP contribution in [0.2, 0.25) is 0 Å². The molecule has 0 aromatic heterocycles. The summed E-state index contributed by atoms with van der Waals surface area (Å²) in [5, 5.41) is 0. The van der Waals surface area contributed by atoms with Gasteiger partial charge in [0.05, 0.1) is 5.84 Å². The van der Waals surface area contributed by atoms with E-state index < -0.39 is 0 Å². The number of aliphatic imine (C=N–C) groups is 1. The molecular weight excluding hydrogens is 191 g/mol. The Morgan fingerprint density at radius 2 is 1.88 bits per heavy atom. The number of rotatable bonds is 1. The minimum atomic E-state index is 0. The average molecular weight is 216 g/mol. The molecule has 0 N–H and O–H groups in total. The van der Waals surface area contributed by atoms with Gasteiger partial charge >= 0.3 is 18.9 Å². The Balaban J connectivity index is 0.000000397. The molecule has 2 aliphatic heterocycles. The summed E-state index contributed by atoms with van der Waals surface area (Å²) in [7, 11) is 0. The average Bonchev–Trinajstić information content (AvgIpc) is 2.54. The van der Waals surface area contributed by atoms with E-state index in [0.29, 0.717) is 0 Å². The fourth-order valence-corrected chi connectivity index (χ4v) is 1.94. The normalized spacial score (nSPS) is 19.4. The molecule has 0 spiro atoms. The van der Waals surface area contributed by atoms with Crippen molar-refractivity contribution in [2.24, 2.45) is 4.99 Å². The summed E-state index contributed by atoms with van der Waals surface area (Å²) >= 11 is 0. The third kappa shape index (κ3) is 5.96. The number of nitrogens with zero attached hydrogens (tertiary/aromatic N) is 2. The van der Waals surface area contributed by atoms with E-state index in [1.165, 1.54) is 57.5 Å². The number of unbranched alkanes of at least 4 members (excludes halogenated alkanes) is 1. The molecule has 0 amide bonds. The van der Waals surface area contributed by atoms with E-state index in [2.05, 4.69) is 23.7 Å². The zero-order chi connectivity index (χ0) is 10.9. The SMILES string of the molecule is C1CCC2=NCCCN2CC1.[CH2-]CCC.[Li+]. The topological polar surface area (TPSA) is 15.6 Å². The van der Waals surface area contributed by atoms with E-state index in [1.807, 2.05) is 0 Å². The van der Waals surface area contributed by atoms with Crippen LogP contribution in [-0.2, 0) is 0 Å². The molecule has 0 saturated carbocycles. The van der Waals surface area contributed by atoms with Gasteiger partial charge in [-0.2, -0.15) is 6.42 Å². The van der Waals surface area contributed by atoms with Crippen LogP contribution in [0, 0.1) is 6.92 Å². The largest absolute Gasteiger partial charge is 1.00 e. The molecule has 0 aliphatic carbocycles. The Bertz CT molecular complexity index is 190. The monoisotopic (exact) mass is 216 g/mol. The fraction of sp³-hybridized carbons (Fsp3) is 0.846. The van der Waals surface area contributed by atoms with Crippen LogP contribution in [0.25, 0.3) is 0 Å². The molecule has 2 aliphatic rings. The van der Waals surface area contributed by atoms with Gasteiger partial charge in [0.25, 0.3) is 0 Å². The Hall–Kier alpha value is 0.0674. The van der Waals surface area contributed by atoms with Crippen LogP contribution in [0.1, 0.15) is 51.9 Å². The molecule has 16 heavy (non-hydrogen) atoms. The van der Waals surface area contributed by atoms with Crippen LogP contribution in [0.15, 0.2) is 4.99 Å². The predicted molar refractivity (Wildman–Crippen MR) is 67.2 cm³/mol. The fourth-order valence-electron chi connectivity index (χ4n) is 1.94. The van der Waals surface area contributed by atoms with Crippen molar-refractivity contribution in [3.8, 4) is 0 Å². The van der Waals surface area contributed by atoms with Crippen molar-refractivity contribution in [2.45, 2.75) is 51.9 Å². The molecule has 2 rings (SSSR count). The Labute approximate surface area is 113 Å². The predicted octanol–water partition coefficient (Wildman–Crippen LogP) is 0.289. The van der Waals surface area contributed by atoms with E-state index in [9.17, 15) is 0 Å². The van der Waals surface area contributed by atoms with Crippen molar-refractivity contribution in [3.05, 3.63) is 6.92 Å². The van der Waals surface area contributed by atoms with E-state index in [0.717, 1.165) is 13.0 Å². The quantitative estimate of drug-likeness (QED) is 0.454. The van der Waals surface area contributed by atoms with Crippen molar-refractivity contribution in [3.63, 3.8) is 0 Å². The van der Waals surface area contributed by atoms with Crippen LogP contribution in [-0.4, -0.2) is 30.4 Å². The first-order chi connectivity index (χ1) is 7.38. The van der Waals surface area contributed by atoms with Gasteiger partial charge in [-0.15, -0.1) is 0 Å². The Morgan fingerprint density at radius 3 is 2.56 bits per heavy atom. The van der Waals surface area contributed by atoms with Gasteiger partial charge in [-0.25, -0.2) is 0 Å². The zero-order valence-electron chi connectivity index (χ0n) is 11.2. The zero-order valence-corrected chi connectivity index (χ0v) is 11.2. The third-order valence-corrected chi connectivity index (χ3v) is 2.93. The maximum absolute atomic E-state index is 4.55. The Kier molecular flexibility index (Phi) is 10.3. The minimum absolute atomic E-state index is 0. The third-order valence-electron chi connectivity index (χ3n) is 2.93. The minimum Gasteiger partial charge on any atom is -0.360 e. The maximum atomic E-state index is 4.55. The molecule has 88 valence electrons. The number of hydrogen-bond donors (Lipinski definition) is 0. The summed E-state index contributed by atoms with van der Waals surface area (Å²) in [4.78, 5) is 7.04. The second kappa shape index (κ2) is 10.2. The van der Waals surface area contributed by atoms with E-state index >= 15 is 0 Å². The molecule has 0 aromatic carbocycles. The first kappa shape index (κ1) is 16.1. The summed E-state index contributed by atoms with van der Waals surface area (Å²) in [5.74, 6) is 1.40.